The van der Waals surface area contributed by atoms with E-state index in [1.165, 1.54) is 16.4 Å². The zero-order valence-electron chi connectivity index (χ0n) is 18.5. The first kappa shape index (κ1) is 25.0. The zero-order valence-corrected chi connectivity index (χ0v) is 20.1. The molecule has 2 amide bonds. The molecule has 0 unspecified atom stereocenters. The minimum absolute atomic E-state index is 0.120. The lowest BCUT2D eigenvalue weighted by atomic mass is 10.1. The molecule has 176 valence electrons. The molecule has 3 aromatic rings. The fourth-order valence-corrected chi connectivity index (χ4v) is 4.19. The number of rotatable bonds is 9. The van der Waals surface area contributed by atoms with Crippen LogP contribution in [0, 0.1) is 0 Å². The third-order valence-electron chi connectivity index (χ3n) is 4.88. The molecule has 0 aliphatic heterocycles. The van der Waals surface area contributed by atoms with Crippen molar-refractivity contribution in [1.82, 2.24) is 5.32 Å². The highest BCUT2D eigenvalue weighted by Crippen LogP contribution is 2.23. The molecule has 7 nitrogen and oxygen atoms in total. The third-order valence-corrected chi connectivity index (χ3v) is 6.28. The number of carbonyl (C=O) groups is 2. The van der Waals surface area contributed by atoms with E-state index in [1.807, 2.05) is 0 Å². The molecule has 2 N–H and O–H groups in total. The highest BCUT2D eigenvalue weighted by molar-refractivity contribution is 7.92. The van der Waals surface area contributed by atoms with Gasteiger partial charge in [-0.05, 0) is 54.1 Å². The summed E-state index contributed by atoms with van der Waals surface area (Å²) >= 11 is 5.91. The van der Waals surface area contributed by atoms with Crippen molar-refractivity contribution in [1.29, 1.82) is 0 Å². The molecule has 0 bridgehead atoms. The Balaban J connectivity index is 1.79. The summed E-state index contributed by atoms with van der Waals surface area (Å²) in [5, 5.41) is 5.98. The monoisotopic (exact) mass is 497 g/mol. The van der Waals surface area contributed by atoms with Crippen LogP contribution in [0.25, 0.3) is 0 Å². The van der Waals surface area contributed by atoms with Gasteiger partial charge in [-0.3, -0.25) is 13.9 Å². The van der Waals surface area contributed by atoms with Crippen LogP contribution < -0.4 is 14.9 Å². The maximum absolute atomic E-state index is 12.8. The minimum Gasteiger partial charge on any atom is -0.349 e. The summed E-state index contributed by atoms with van der Waals surface area (Å²) in [7, 11) is -3.58. The first-order valence-electron chi connectivity index (χ1n) is 10.3. The molecule has 0 radical (unpaired) electrons. The lowest BCUT2D eigenvalue weighted by Gasteiger charge is -2.23. The van der Waals surface area contributed by atoms with Crippen LogP contribution in [0.2, 0.25) is 5.02 Å². The normalized spacial score (nSPS) is 10.9. The Morgan fingerprint density at radius 2 is 1.62 bits per heavy atom. The summed E-state index contributed by atoms with van der Waals surface area (Å²) in [6.45, 7) is 3.99. The molecule has 3 aromatic carbocycles. The molecule has 0 aliphatic rings. The van der Waals surface area contributed by atoms with Gasteiger partial charge >= 0.3 is 0 Å². The molecule has 0 saturated carbocycles. The van der Waals surface area contributed by atoms with Gasteiger partial charge in [0.2, 0.25) is 10.0 Å². The molecular formula is C25H24ClN3O4S. The lowest BCUT2D eigenvalue weighted by Crippen LogP contribution is -2.29. The fourth-order valence-electron chi connectivity index (χ4n) is 3.18. The topological polar surface area (TPSA) is 95.6 Å². The van der Waals surface area contributed by atoms with Crippen molar-refractivity contribution in [3.63, 3.8) is 0 Å². The number of para-hydroxylation sites is 1. The quantitative estimate of drug-likeness (QED) is 0.426. The molecule has 34 heavy (non-hydrogen) atoms. The highest BCUT2D eigenvalue weighted by atomic mass is 35.5. The second-order valence-electron chi connectivity index (χ2n) is 7.44. The highest BCUT2D eigenvalue weighted by Gasteiger charge is 2.19. The van der Waals surface area contributed by atoms with Crippen molar-refractivity contribution < 1.29 is 18.0 Å². The van der Waals surface area contributed by atoms with Gasteiger partial charge in [-0.15, -0.1) is 6.58 Å². The van der Waals surface area contributed by atoms with Gasteiger partial charge in [0.05, 0.1) is 29.7 Å². The minimum atomic E-state index is -3.58. The smallest absolute Gasteiger partial charge is 0.255 e. The molecule has 9 heteroatoms. The van der Waals surface area contributed by atoms with Gasteiger partial charge in [-0.2, -0.15) is 0 Å². The van der Waals surface area contributed by atoms with E-state index < -0.39 is 15.9 Å². The van der Waals surface area contributed by atoms with Crippen molar-refractivity contribution in [2.75, 3.05) is 22.4 Å². The van der Waals surface area contributed by atoms with E-state index in [0.29, 0.717) is 34.1 Å². The van der Waals surface area contributed by atoms with E-state index in [9.17, 15) is 18.0 Å². The zero-order chi connectivity index (χ0) is 24.7. The third kappa shape index (κ3) is 6.46. The maximum atomic E-state index is 12.8. The number of carbonyl (C=O) groups excluding carboxylic acids is 2. The summed E-state index contributed by atoms with van der Waals surface area (Å²) in [5.41, 5.74) is 2.17. The maximum Gasteiger partial charge on any atom is 0.255 e. The largest absolute Gasteiger partial charge is 0.349 e. The number of halogens is 1. The summed E-state index contributed by atoms with van der Waals surface area (Å²) in [4.78, 5) is 25.1. The predicted molar refractivity (Wildman–Crippen MR) is 136 cm³/mol. The van der Waals surface area contributed by atoms with Crippen molar-refractivity contribution in [2.45, 2.75) is 6.54 Å². The Morgan fingerprint density at radius 1 is 0.971 bits per heavy atom. The Hall–Kier alpha value is -3.62. The molecule has 0 heterocycles. The molecule has 0 atom stereocenters. The van der Waals surface area contributed by atoms with Gasteiger partial charge in [-0.1, -0.05) is 41.9 Å². The van der Waals surface area contributed by atoms with Crippen LogP contribution in [0.3, 0.4) is 0 Å². The van der Waals surface area contributed by atoms with Crippen LogP contribution in [-0.4, -0.2) is 33.0 Å². The van der Waals surface area contributed by atoms with Gasteiger partial charge in [-0.25, -0.2) is 8.42 Å². The second kappa shape index (κ2) is 11.0. The summed E-state index contributed by atoms with van der Waals surface area (Å²) in [5.74, 6) is -0.767. The molecular weight excluding hydrogens is 474 g/mol. The van der Waals surface area contributed by atoms with Crippen LogP contribution in [-0.2, 0) is 16.6 Å². The molecule has 0 aliphatic carbocycles. The molecule has 0 spiro atoms. The second-order valence-corrected chi connectivity index (χ2v) is 9.78. The van der Waals surface area contributed by atoms with E-state index in [0.717, 1.165) is 11.8 Å². The average Bonchev–Trinajstić information content (AvgIpc) is 2.82. The Kier molecular flexibility index (Phi) is 8.09. The van der Waals surface area contributed by atoms with Gasteiger partial charge in [0.25, 0.3) is 11.8 Å². The average molecular weight is 498 g/mol. The van der Waals surface area contributed by atoms with Crippen LogP contribution in [0.1, 0.15) is 26.3 Å². The molecule has 0 saturated heterocycles. The number of hydrogen-bond donors (Lipinski definition) is 2. The van der Waals surface area contributed by atoms with Gasteiger partial charge in [0, 0.05) is 17.1 Å². The van der Waals surface area contributed by atoms with Crippen molar-refractivity contribution in [2.24, 2.45) is 0 Å². The van der Waals surface area contributed by atoms with Crippen molar-refractivity contribution >= 4 is 44.8 Å². The first-order valence-corrected chi connectivity index (χ1v) is 12.5. The number of benzene rings is 3. The van der Waals surface area contributed by atoms with Gasteiger partial charge in [0.15, 0.2) is 0 Å². The van der Waals surface area contributed by atoms with E-state index in [2.05, 4.69) is 17.2 Å². The predicted octanol–water partition coefficient (Wildman–Crippen LogP) is 4.47. The summed E-state index contributed by atoms with van der Waals surface area (Å²) in [6.07, 6.45) is 2.69. The Labute approximate surface area is 204 Å². The molecule has 0 aromatic heterocycles. The molecule has 3 rings (SSSR count). The number of amides is 2. The van der Waals surface area contributed by atoms with E-state index in [-0.39, 0.29) is 12.5 Å². The van der Waals surface area contributed by atoms with Crippen LogP contribution in [0.15, 0.2) is 85.5 Å². The van der Waals surface area contributed by atoms with Crippen molar-refractivity contribution in [3.05, 3.63) is 107 Å². The Bertz CT molecular complexity index is 1290. The van der Waals surface area contributed by atoms with Gasteiger partial charge in [0.1, 0.15) is 0 Å². The Morgan fingerprint density at radius 3 is 2.24 bits per heavy atom. The van der Waals surface area contributed by atoms with Crippen molar-refractivity contribution in [3.8, 4) is 0 Å². The molecule has 0 fully saturated rings. The first-order chi connectivity index (χ1) is 16.2. The van der Waals surface area contributed by atoms with Gasteiger partial charge < -0.3 is 10.6 Å². The fraction of sp³-hybridized carbons (Fsp3) is 0.120. The standard InChI is InChI=1S/C25H24ClN3O4S/c1-3-16-27-25(31)22-6-4-5-7-23(22)28-24(30)19-10-14-21(15-11-19)29(34(2,32)33)17-18-8-12-20(26)13-9-18/h3-15H,1,16-17H2,2H3,(H,27,31)(H,28,30). The number of nitrogens with zero attached hydrogens (tertiary/aromatic N) is 1. The van der Waals surface area contributed by atoms with Crippen LogP contribution >= 0.6 is 11.6 Å². The van der Waals surface area contributed by atoms with E-state index in [4.69, 9.17) is 11.6 Å². The van der Waals surface area contributed by atoms with Crippen LogP contribution in [0.5, 0.6) is 0 Å². The number of hydrogen-bond acceptors (Lipinski definition) is 4. The van der Waals surface area contributed by atoms with E-state index >= 15 is 0 Å². The number of sulfonamides is 1. The summed E-state index contributed by atoms with van der Waals surface area (Å²) < 4.78 is 26.1. The van der Waals surface area contributed by atoms with Crippen LogP contribution in [0.4, 0.5) is 11.4 Å². The summed E-state index contributed by atoms with van der Waals surface area (Å²) in [6, 6.07) is 19.7. The number of anilines is 2. The SMILES string of the molecule is C=CCNC(=O)c1ccccc1NC(=O)c1ccc(N(Cc2ccc(Cl)cc2)S(C)(=O)=O)cc1. The number of nitrogens with one attached hydrogen (secondary N) is 2. The van der Waals surface area contributed by atoms with E-state index in [1.54, 1.807) is 66.7 Å². The lowest BCUT2D eigenvalue weighted by molar-refractivity contribution is 0.0959.